The van der Waals surface area contributed by atoms with Gasteiger partial charge in [-0.2, -0.15) is 13.2 Å². The van der Waals surface area contributed by atoms with Crippen molar-refractivity contribution in [3.63, 3.8) is 0 Å². The van der Waals surface area contributed by atoms with E-state index in [0.717, 1.165) is 67.5 Å². The number of benzene rings is 1. The third-order valence-electron chi connectivity index (χ3n) is 4.60. The summed E-state index contributed by atoms with van der Waals surface area (Å²) in [6.07, 6.45) is -0.819. The lowest BCUT2D eigenvalue weighted by molar-refractivity contribution is -0.137. The van der Waals surface area contributed by atoms with Crippen LogP contribution in [-0.4, -0.2) is 34.5 Å². The third kappa shape index (κ3) is 5.90. The Hall–Kier alpha value is -2.19. The van der Waals surface area contributed by atoms with Gasteiger partial charge in [0.05, 0.1) is 17.6 Å². The van der Waals surface area contributed by atoms with Crippen molar-refractivity contribution in [3.8, 4) is 0 Å². The van der Waals surface area contributed by atoms with Crippen LogP contribution in [0.2, 0.25) is 0 Å². The van der Waals surface area contributed by atoms with Gasteiger partial charge >= 0.3 is 6.18 Å². The summed E-state index contributed by atoms with van der Waals surface area (Å²) in [5, 5.41) is 7.25. The molecule has 29 heavy (non-hydrogen) atoms. The number of fused-ring (bicyclic) bond motifs is 1. The molecule has 0 bridgehead atoms. The van der Waals surface area contributed by atoms with Crippen LogP contribution in [0.15, 0.2) is 35.8 Å². The van der Waals surface area contributed by atoms with E-state index in [-0.39, 0.29) is 0 Å². The highest BCUT2D eigenvalue weighted by molar-refractivity contribution is 7.09. The summed E-state index contributed by atoms with van der Waals surface area (Å²) >= 11 is 1.69. The average molecular weight is 423 g/mol. The predicted molar refractivity (Wildman–Crippen MR) is 112 cm³/mol. The summed E-state index contributed by atoms with van der Waals surface area (Å²) in [4.78, 5) is 11.0. The Morgan fingerprint density at radius 2 is 2.00 bits per heavy atom. The maximum atomic E-state index is 12.9. The number of aromatic nitrogens is 2. The number of rotatable bonds is 9. The van der Waals surface area contributed by atoms with Crippen LogP contribution in [0.3, 0.4) is 0 Å². The second kappa shape index (κ2) is 9.54. The van der Waals surface area contributed by atoms with Crippen molar-refractivity contribution in [3.05, 3.63) is 52.1 Å². The van der Waals surface area contributed by atoms with Gasteiger partial charge in [-0.15, -0.1) is 11.3 Å². The van der Waals surface area contributed by atoms with Gasteiger partial charge in [0, 0.05) is 41.4 Å². The van der Waals surface area contributed by atoms with Crippen LogP contribution in [0.4, 0.5) is 18.9 Å². The first kappa shape index (κ1) is 21.5. The lowest BCUT2D eigenvalue weighted by Crippen LogP contribution is -2.26. The summed E-state index contributed by atoms with van der Waals surface area (Å²) in [7, 11) is 0. The fourth-order valence-electron chi connectivity index (χ4n) is 3.26. The molecular weight excluding hydrogens is 397 g/mol. The number of nitrogens with zero attached hydrogens (tertiary/aromatic N) is 3. The fraction of sp³-hybridized carbons (Fsp3) is 0.429. The molecule has 4 nitrogen and oxygen atoms in total. The van der Waals surface area contributed by atoms with Crippen LogP contribution in [0, 0.1) is 6.92 Å². The zero-order valence-corrected chi connectivity index (χ0v) is 17.4. The second-order valence-corrected chi connectivity index (χ2v) is 7.97. The summed E-state index contributed by atoms with van der Waals surface area (Å²) in [5.41, 5.74) is 1.53. The highest BCUT2D eigenvalue weighted by Gasteiger charge is 2.30. The van der Waals surface area contributed by atoms with E-state index in [4.69, 9.17) is 0 Å². The fourth-order valence-corrected chi connectivity index (χ4v) is 4.07. The Balaban J connectivity index is 1.58. The highest BCUT2D eigenvalue weighted by atomic mass is 32.1. The van der Waals surface area contributed by atoms with Crippen molar-refractivity contribution in [2.45, 2.75) is 39.4 Å². The summed E-state index contributed by atoms with van der Waals surface area (Å²) in [6, 6.07) is 5.49. The van der Waals surface area contributed by atoms with Crippen LogP contribution >= 0.6 is 11.3 Å². The molecule has 3 aromatic rings. The average Bonchev–Trinajstić information content (AvgIpc) is 3.09. The van der Waals surface area contributed by atoms with Crippen LogP contribution in [0.25, 0.3) is 10.9 Å². The molecule has 1 N–H and O–H groups in total. The topological polar surface area (TPSA) is 41.0 Å². The van der Waals surface area contributed by atoms with Gasteiger partial charge < -0.3 is 5.32 Å². The first-order valence-corrected chi connectivity index (χ1v) is 10.6. The number of pyridine rings is 1. The number of hydrogen-bond acceptors (Lipinski definition) is 5. The number of alkyl halides is 3. The van der Waals surface area contributed by atoms with Gasteiger partial charge in [0.2, 0.25) is 0 Å². The molecule has 0 aliphatic heterocycles. The molecule has 0 radical (unpaired) electrons. The maximum absolute atomic E-state index is 12.9. The second-order valence-electron chi connectivity index (χ2n) is 7.03. The molecule has 2 heterocycles. The molecule has 156 valence electrons. The largest absolute Gasteiger partial charge is 0.416 e. The predicted octanol–water partition coefficient (Wildman–Crippen LogP) is 5.73. The zero-order chi connectivity index (χ0) is 20.9. The van der Waals surface area contributed by atoms with Crippen LogP contribution in [0.5, 0.6) is 0 Å². The van der Waals surface area contributed by atoms with Gasteiger partial charge in [0.1, 0.15) is 5.01 Å². The Kier molecular flexibility index (Phi) is 7.08. The smallest absolute Gasteiger partial charge is 0.384 e. The van der Waals surface area contributed by atoms with Crippen molar-refractivity contribution < 1.29 is 13.2 Å². The van der Waals surface area contributed by atoms with E-state index in [9.17, 15) is 13.2 Å². The van der Waals surface area contributed by atoms with Gasteiger partial charge in [0.15, 0.2) is 0 Å². The van der Waals surface area contributed by atoms with Gasteiger partial charge in [-0.05, 0) is 44.5 Å². The minimum absolute atomic E-state index is 0.344. The summed E-state index contributed by atoms with van der Waals surface area (Å²) in [6.45, 7) is 7.70. The quantitative estimate of drug-likeness (QED) is 0.447. The van der Waals surface area contributed by atoms with Crippen molar-refractivity contribution >= 4 is 27.9 Å². The molecule has 0 fully saturated rings. The van der Waals surface area contributed by atoms with E-state index in [1.54, 1.807) is 23.6 Å². The third-order valence-corrected chi connectivity index (χ3v) is 5.55. The van der Waals surface area contributed by atoms with E-state index in [1.807, 2.05) is 6.92 Å². The number of aryl methyl sites for hydroxylation is 1. The molecular formula is C21H25F3N4S. The number of hydrogen-bond donors (Lipinski definition) is 1. The maximum Gasteiger partial charge on any atom is 0.416 e. The molecule has 8 heteroatoms. The molecule has 1 aromatic carbocycles. The Morgan fingerprint density at radius 3 is 2.69 bits per heavy atom. The molecule has 0 unspecified atom stereocenters. The van der Waals surface area contributed by atoms with Crippen LogP contribution in [-0.2, 0) is 12.7 Å². The normalized spacial score (nSPS) is 12.1. The lowest BCUT2D eigenvalue weighted by Gasteiger charge is -2.20. The first-order chi connectivity index (χ1) is 13.9. The minimum atomic E-state index is -4.36. The van der Waals surface area contributed by atoms with Gasteiger partial charge in [-0.3, -0.25) is 9.88 Å². The van der Waals surface area contributed by atoms with E-state index < -0.39 is 11.7 Å². The molecule has 3 rings (SSSR count). The molecule has 0 aliphatic rings. The van der Waals surface area contributed by atoms with E-state index in [1.165, 1.54) is 6.07 Å². The minimum Gasteiger partial charge on any atom is -0.384 e. The van der Waals surface area contributed by atoms with E-state index in [0.29, 0.717) is 10.9 Å². The number of thiazole rings is 1. The molecule has 0 amide bonds. The Labute approximate surface area is 172 Å². The zero-order valence-electron chi connectivity index (χ0n) is 16.6. The molecule has 0 spiro atoms. The molecule has 0 saturated heterocycles. The Bertz CT molecular complexity index is 939. The summed E-state index contributed by atoms with van der Waals surface area (Å²) < 4.78 is 38.7. The van der Waals surface area contributed by atoms with Gasteiger partial charge in [-0.1, -0.05) is 13.0 Å². The first-order valence-electron chi connectivity index (χ1n) is 9.70. The van der Waals surface area contributed by atoms with Gasteiger partial charge in [-0.25, -0.2) is 4.98 Å². The standard InChI is InChI=1S/C21H25F3N4S/c1-3-10-28(13-20-27-15(2)14-29-20)11-4-8-25-18-7-9-26-19-12-16(21(22,23)24)5-6-17(18)19/h5-7,9,12,14H,3-4,8,10-11,13H2,1-2H3,(H,25,26). The van der Waals surface area contributed by atoms with Crippen molar-refractivity contribution in [2.24, 2.45) is 0 Å². The van der Waals surface area contributed by atoms with Gasteiger partial charge in [0.25, 0.3) is 0 Å². The summed E-state index contributed by atoms with van der Waals surface area (Å²) in [5.74, 6) is 0. The number of anilines is 1. The van der Waals surface area contributed by atoms with Crippen molar-refractivity contribution in [2.75, 3.05) is 25.0 Å². The highest BCUT2D eigenvalue weighted by Crippen LogP contribution is 2.32. The molecule has 2 aromatic heterocycles. The van der Waals surface area contributed by atoms with Crippen molar-refractivity contribution in [1.29, 1.82) is 0 Å². The van der Waals surface area contributed by atoms with Crippen molar-refractivity contribution in [1.82, 2.24) is 14.9 Å². The SMILES string of the molecule is CCCN(CCCNc1ccnc2cc(C(F)(F)F)ccc12)Cc1nc(C)cs1. The number of halogens is 3. The monoisotopic (exact) mass is 422 g/mol. The van der Waals surface area contributed by atoms with E-state index >= 15 is 0 Å². The van der Waals surface area contributed by atoms with Crippen LogP contribution < -0.4 is 5.32 Å². The van der Waals surface area contributed by atoms with E-state index in [2.05, 4.69) is 32.5 Å². The Morgan fingerprint density at radius 1 is 1.17 bits per heavy atom. The lowest BCUT2D eigenvalue weighted by atomic mass is 10.1. The molecule has 0 atom stereocenters. The van der Waals surface area contributed by atoms with Crippen LogP contribution in [0.1, 0.15) is 36.0 Å². The number of nitrogens with one attached hydrogen (secondary N) is 1. The molecule has 0 aliphatic carbocycles. The molecule has 0 saturated carbocycles.